The Bertz CT molecular complexity index is 3940. The number of carbonyl (C=O) groups excluding carboxylic acids is 9. The molecule has 0 aromatic heterocycles. The van der Waals surface area contributed by atoms with Crippen LogP contribution in [-0.4, -0.2) is 219 Å². The monoisotopic (exact) mass is 1480 g/mol. The molecule has 43 nitrogen and oxygen atoms in total. The van der Waals surface area contributed by atoms with Crippen LogP contribution in [0.2, 0.25) is 0 Å². The molecular formula is C61H66N18O25S. The predicted octanol–water partition coefficient (Wildman–Crippen LogP) is 7.41. The maximum atomic E-state index is 14.3. The Morgan fingerprint density at radius 3 is 1.19 bits per heavy atom. The van der Waals surface area contributed by atoms with Gasteiger partial charge < -0.3 is 75.8 Å². The zero-order chi connectivity index (χ0) is 75.9. The second kappa shape index (κ2) is 38.4. The Hall–Kier alpha value is -11.2. The lowest BCUT2D eigenvalue weighted by Crippen LogP contribution is -2.65. The fourth-order valence-electron chi connectivity index (χ4n) is 12.0. The van der Waals surface area contributed by atoms with Gasteiger partial charge >= 0.3 is 53.7 Å². The number of hydrogen-bond acceptors (Lipinski definition) is 32. The van der Waals surface area contributed by atoms with Gasteiger partial charge in [0.2, 0.25) is 0 Å². The number of carbonyl (C=O) groups is 9. The van der Waals surface area contributed by atoms with Gasteiger partial charge in [0, 0.05) is 76.8 Å². The zero-order valence-electron chi connectivity index (χ0n) is 56.1. The molecule has 5 aliphatic rings. The van der Waals surface area contributed by atoms with Gasteiger partial charge in [0.05, 0.1) is 48.0 Å². The largest absolute Gasteiger partial charge is 0.459 e. The summed E-state index contributed by atoms with van der Waals surface area (Å²) < 4.78 is 98.3. The fraction of sp³-hybridized carbons (Fsp3) is 0.557. The van der Waals surface area contributed by atoms with Crippen molar-refractivity contribution in [2.24, 2.45) is 30.7 Å². The van der Waals surface area contributed by atoms with Crippen LogP contribution >= 0.6 is 11.8 Å². The predicted molar refractivity (Wildman–Crippen MR) is 347 cm³/mol. The topological polar surface area (TPSA) is 594 Å². The molecule has 44 heteroatoms. The minimum Gasteiger partial charge on any atom is -0.459 e. The van der Waals surface area contributed by atoms with Crippen LogP contribution in [0.1, 0.15) is 79.0 Å². The molecule has 3 aromatic rings. The first kappa shape index (κ1) is 79.5. The van der Waals surface area contributed by atoms with Crippen molar-refractivity contribution >= 4 is 65.5 Å². The Balaban J connectivity index is 1.30. The number of thioether (sulfide) groups is 1. The van der Waals surface area contributed by atoms with Crippen LogP contribution in [0.15, 0.2) is 122 Å². The molecule has 8 rings (SSSR count). The van der Waals surface area contributed by atoms with Crippen LogP contribution in [0.5, 0.6) is 0 Å². The smallest absolute Gasteiger partial charge is 0.338 e. The van der Waals surface area contributed by atoms with E-state index >= 15 is 0 Å². The molecule has 13 unspecified atom stereocenters. The van der Waals surface area contributed by atoms with Crippen LogP contribution in [0.3, 0.4) is 0 Å². The van der Waals surface area contributed by atoms with Crippen LogP contribution < -0.4 is 0 Å². The van der Waals surface area contributed by atoms with E-state index in [2.05, 4.69) is 60.2 Å². The van der Waals surface area contributed by atoms with Crippen molar-refractivity contribution in [1.82, 2.24) is 0 Å². The van der Waals surface area contributed by atoms with E-state index in [1.54, 1.807) is 42.5 Å². The molecule has 0 spiro atoms. The van der Waals surface area contributed by atoms with Gasteiger partial charge in [0.15, 0.2) is 61.6 Å². The molecule has 105 heavy (non-hydrogen) atoms. The second-order valence-corrected chi connectivity index (χ2v) is 24.3. The van der Waals surface area contributed by atoms with Gasteiger partial charge in [-0.3, -0.25) is 28.8 Å². The molecular weight excluding hydrogens is 1420 g/mol. The van der Waals surface area contributed by atoms with Crippen molar-refractivity contribution in [2.75, 3.05) is 25.4 Å². The molecule has 0 bridgehead atoms. The van der Waals surface area contributed by atoms with Crippen LogP contribution in [-0.2, 0) is 105 Å². The first-order valence-corrected chi connectivity index (χ1v) is 32.7. The van der Waals surface area contributed by atoms with Crippen LogP contribution in [0.4, 0.5) is 0 Å². The number of azide groups is 6. The van der Waals surface area contributed by atoms with Crippen molar-refractivity contribution < 1.29 is 119 Å². The summed E-state index contributed by atoms with van der Waals surface area (Å²) in [7, 11) is 0. The first-order valence-electron chi connectivity index (χ1n) is 31.7. The van der Waals surface area contributed by atoms with Crippen LogP contribution in [0, 0.1) is 0 Å². The molecule has 0 amide bonds. The van der Waals surface area contributed by atoms with E-state index in [0.29, 0.717) is 0 Å². The highest BCUT2D eigenvalue weighted by molar-refractivity contribution is 7.99. The molecule has 0 N–H and O–H groups in total. The maximum absolute atomic E-state index is 14.3. The highest BCUT2D eigenvalue weighted by Crippen LogP contribution is 2.43. The van der Waals surface area contributed by atoms with Crippen molar-refractivity contribution in [3.05, 3.63) is 170 Å². The number of hydrogen-bond donors (Lipinski definition) is 0. The minimum absolute atomic E-state index is 0.00293. The molecule has 0 radical (unpaired) electrons. The minimum atomic E-state index is -2.20. The molecule has 5 fully saturated rings. The van der Waals surface area contributed by atoms with E-state index in [1.165, 1.54) is 48.5 Å². The van der Waals surface area contributed by atoms with Gasteiger partial charge in [-0.05, 0) is 76.0 Å². The lowest BCUT2D eigenvalue weighted by molar-refractivity contribution is -0.309. The number of benzene rings is 3. The summed E-state index contributed by atoms with van der Waals surface area (Å²) in [4.78, 5) is 138. The SMILES string of the molecule is CC(=O)OC1C(O[C@H]2OC(CN=[N+]=[N-])[C@@H](OC(C)=O)C(OC(C)=O)C2N=[N+]=[N-])[C@@H](CS[C@@H]2O[C@H](COC(=O)c3ccccc3)C(OC(=O)c3ccccc3)C2OC(=O)c2ccccc2)O[C@H]1OC1C(OC(C)=O)[C@H](N=[N+]=[N-])CC(N=[N+]=[N-])[C@H]1O[C@H]1OC(CN=[N+]=[N-])[C@@H](OC(C)=O)C(OC(C)=O)C1N=[N+]=[N-]. The zero-order valence-corrected chi connectivity index (χ0v) is 57.0. The lowest BCUT2D eigenvalue weighted by Gasteiger charge is -2.48. The van der Waals surface area contributed by atoms with E-state index in [0.717, 1.165) is 53.3 Å². The van der Waals surface area contributed by atoms with Gasteiger partial charge in [0.25, 0.3) is 0 Å². The number of esters is 9. The van der Waals surface area contributed by atoms with Crippen LogP contribution in [0.25, 0.3) is 62.7 Å². The van der Waals surface area contributed by atoms with Crippen molar-refractivity contribution in [3.63, 3.8) is 0 Å². The Morgan fingerprint density at radius 1 is 0.381 bits per heavy atom. The van der Waals surface area contributed by atoms with E-state index in [-0.39, 0.29) is 16.7 Å². The summed E-state index contributed by atoms with van der Waals surface area (Å²) >= 11 is 0.732. The third-order valence-corrected chi connectivity index (χ3v) is 17.3. The Labute approximate surface area is 596 Å². The summed E-state index contributed by atoms with van der Waals surface area (Å²) in [5.74, 6) is -9.67. The Morgan fingerprint density at radius 2 is 0.752 bits per heavy atom. The van der Waals surface area contributed by atoms with Crippen molar-refractivity contribution in [2.45, 2.75) is 188 Å². The molecule has 4 heterocycles. The Kier molecular flexibility index (Phi) is 29.1. The van der Waals surface area contributed by atoms with E-state index < -0.39 is 226 Å². The van der Waals surface area contributed by atoms with E-state index in [9.17, 15) is 76.3 Å². The highest BCUT2D eigenvalue weighted by Gasteiger charge is 2.60. The van der Waals surface area contributed by atoms with Gasteiger partial charge in [-0.25, -0.2) is 14.4 Å². The number of ether oxygens (including phenoxy) is 16. The molecule has 23 atom stereocenters. The van der Waals surface area contributed by atoms with E-state index in [1.807, 2.05) is 0 Å². The quantitative estimate of drug-likeness (QED) is 0.0206. The molecule has 4 saturated heterocycles. The first-order chi connectivity index (χ1) is 50.5. The van der Waals surface area contributed by atoms with Crippen molar-refractivity contribution in [1.29, 1.82) is 0 Å². The summed E-state index contributed by atoms with van der Waals surface area (Å²) in [6.45, 7) is 3.60. The lowest BCUT2D eigenvalue weighted by atomic mass is 9.83. The summed E-state index contributed by atoms with van der Waals surface area (Å²) in [6, 6.07) is 15.7. The number of rotatable bonds is 30. The third-order valence-electron chi connectivity index (χ3n) is 16.1. The molecule has 1 saturated carbocycles. The van der Waals surface area contributed by atoms with E-state index in [4.69, 9.17) is 75.8 Å². The maximum Gasteiger partial charge on any atom is 0.338 e. The standard InChI is InChI=1S/C61H66N18O25S/c1-27(80)90-44-36(70-76-64)22-37(71-77-65)45(102-58-42(72-78-66)50(93-30(4)83)46(91-28(2)81)38(96-58)23-68-74-62)52(44)104-60-53(95-32(6)85)49(103-59-43(73-79-67)51(94-31(5)84)47(92-29(3)82)39(97-59)24-69-75-63)41(98-60)26-105-61-54(101-57(88)35-20-14-9-15-21-35)48(100-56(87)34-18-12-8-13-19-34)40(99-61)25-89-55(86)33-16-10-7-11-17-33/h7-21,36-54,58-61H,22-26H2,1-6H3/t36-,37?,38?,39?,40-,41-,42?,43?,44?,45-,46-,47-,48?,49?,50?,51?,52?,53?,54?,58-,59-,60+,61+/m1/s1. The number of nitrogens with zero attached hydrogens (tertiary/aromatic N) is 18. The van der Waals surface area contributed by atoms with Gasteiger partial charge in [0.1, 0.15) is 66.9 Å². The average molecular weight is 1480 g/mol. The molecule has 556 valence electrons. The third kappa shape index (κ3) is 21.0. The molecule has 1 aliphatic carbocycles. The highest BCUT2D eigenvalue weighted by atomic mass is 32.2. The molecule has 4 aliphatic heterocycles. The summed E-state index contributed by atoms with van der Waals surface area (Å²) in [5, 5.41) is 22.4. The van der Waals surface area contributed by atoms with Gasteiger partial charge in [-0.1, -0.05) is 85.3 Å². The second-order valence-electron chi connectivity index (χ2n) is 23.2. The average Bonchev–Trinajstić information content (AvgIpc) is 1.75. The summed E-state index contributed by atoms with van der Waals surface area (Å²) in [6.07, 6.45) is -33.9. The normalized spacial score (nSPS) is 30.7. The van der Waals surface area contributed by atoms with Gasteiger partial charge in [-0.15, -0.1) is 11.8 Å². The summed E-state index contributed by atoms with van der Waals surface area (Å²) in [5.41, 5.74) is 58.1. The molecule has 3 aromatic carbocycles. The van der Waals surface area contributed by atoms with Crippen molar-refractivity contribution in [3.8, 4) is 0 Å². The van der Waals surface area contributed by atoms with Gasteiger partial charge in [-0.2, -0.15) is 0 Å². The fourth-order valence-corrected chi connectivity index (χ4v) is 13.3.